The highest BCUT2D eigenvalue weighted by molar-refractivity contribution is 6.31. The van der Waals surface area contributed by atoms with Crippen LogP contribution in [-0.2, 0) is 19.4 Å². The summed E-state index contributed by atoms with van der Waals surface area (Å²) < 4.78 is 87.5. The Morgan fingerprint density at radius 3 is 2.13 bits per heavy atom. The number of halogens is 8. The van der Waals surface area contributed by atoms with Crippen molar-refractivity contribution in [3.05, 3.63) is 87.5 Å². The third kappa shape index (κ3) is 5.56. The summed E-state index contributed by atoms with van der Waals surface area (Å²) in [5.41, 5.74) is -2.16. The van der Waals surface area contributed by atoms with Gasteiger partial charge in [0.15, 0.2) is 5.69 Å². The first-order valence-corrected chi connectivity index (χ1v) is 11.7. The molecule has 200 valence electrons. The van der Waals surface area contributed by atoms with Crippen molar-refractivity contribution in [3.8, 4) is 33.9 Å². The number of hydrogen-bond donors (Lipinski definition) is 1. The summed E-state index contributed by atoms with van der Waals surface area (Å²) in [6.07, 6.45) is -10.2. The molecule has 0 saturated heterocycles. The summed E-state index contributed by atoms with van der Waals surface area (Å²) >= 11 is 11.7. The Morgan fingerprint density at radius 2 is 1.55 bits per heavy atom. The van der Waals surface area contributed by atoms with Gasteiger partial charge in [0.1, 0.15) is 17.6 Å². The van der Waals surface area contributed by atoms with Crippen LogP contribution >= 0.6 is 23.2 Å². The van der Waals surface area contributed by atoms with E-state index in [0.29, 0.717) is 10.6 Å². The Kier molecular flexibility index (Phi) is 7.33. The van der Waals surface area contributed by atoms with E-state index in [1.54, 1.807) is 31.2 Å². The number of benzene rings is 3. The number of phenols is 1. The molecule has 12 heteroatoms. The Bertz CT molecular complexity index is 1480. The maximum absolute atomic E-state index is 13.6. The highest BCUT2D eigenvalue weighted by atomic mass is 35.5. The number of aromatic nitrogens is 2. The molecule has 0 saturated carbocycles. The molecule has 1 heterocycles. The van der Waals surface area contributed by atoms with E-state index in [0.717, 1.165) is 22.9 Å². The van der Waals surface area contributed by atoms with Gasteiger partial charge < -0.3 is 9.84 Å². The summed E-state index contributed by atoms with van der Waals surface area (Å²) in [4.78, 5) is 0. The van der Waals surface area contributed by atoms with Gasteiger partial charge in [0.2, 0.25) is 0 Å². The van der Waals surface area contributed by atoms with Crippen molar-refractivity contribution in [1.82, 2.24) is 9.78 Å². The van der Waals surface area contributed by atoms with Gasteiger partial charge >= 0.3 is 12.4 Å². The Morgan fingerprint density at radius 1 is 0.895 bits per heavy atom. The molecule has 38 heavy (non-hydrogen) atoms. The minimum atomic E-state index is -4.80. The van der Waals surface area contributed by atoms with Crippen LogP contribution in [0.2, 0.25) is 10.0 Å². The first-order chi connectivity index (χ1) is 17.7. The Hall–Kier alpha value is -3.37. The van der Waals surface area contributed by atoms with Gasteiger partial charge in [0, 0.05) is 17.6 Å². The fourth-order valence-electron chi connectivity index (χ4n) is 3.90. The van der Waals surface area contributed by atoms with Gasteiger partial charge in [-0.15, -0.1) is 0 Å². The van der Waals surface area contributed by atoms with E-state index in [1.807, 2.05) is 0 Å². The van der Waals surface area contributed by atoms with E-state index in [9.17, 15) is 31.4 Å². The molecule has 4 nitrogen and oxygen atoms in total. The average Bonchev–Trinajstić information content (AvgIpc) is 3.21. The van der Waals surface area contributed by atoms with Crippen molar-refractivity contribution in [2.24, 2.45) is 7.05 Å². The van der Waals surface area contributed by atoms with Crippen LogP contribution in [0.1, 0.15) is 29.8 Å². The van der Waals surface area contributed by atoms with Crippen molar-refractivity contribution in [1.29, 1.82) is 0 Å². The average molecular weight is 575 g/mol. The molecule has 0 fully saturated rings. The molecule has 0 bridgehead atoms. The number of aryl methyl sites for hydroxylation is 1. The zero-order valence-corrected chi connectivity index (χ0v) is 21.1. The lowest BCUT2D eigenvalue weighted by molar-refractivity contribution is -0.141. The van der Waals surface area contributed by atoms with E-state index >= 15 is 0 Å². The van der Waals surface area contributed by atoms with E-state index in [4.69, 9.17) is 27.9 Å². The SMILES string of the molecule is CC(Oc1ccc(-c2cc(C(F)(F)F)nn2C)c(O)c1-c1ccc(Cl)c(C(F)(F)F)c1)c1ccc(Cl)cc1. The number of hydrogen-bond acceptors (Lipinski definition) is 3. The van der Waals surface area contributed by atoms with Crippen LogP contribution in [0.15, 0.2) is 60.7 Å². The van der Waals surface area contributed by atoms with Crippen molar-refractivity contribution in [3.63, 3.8) is 0 Å². The predicted molar refractivity (Wildman–Crippen MR) is 131 cm³/mol. The molecule has 0 aliphatic rings. The molecular formula is C26H18Cl2F6N2O2. The largest absolute Gasteiger partial charge is 0.506 e. The summed E-state index contributed by atoms with van der Waals surface area (Å²) in [5.74, 6) is -0.611. The normalized spacial score (nSPS) is 13.0. The number of phenolic OH excluding ortho intramolecular Hbond substituents is 1. The topological polar surface area (TPSA) is 47.3 Å². The highest BCUT2D eigenvalue weighted by Crippen LogP contribution is 2.47. The highest BCUT2D eigenvalue weighted by Gasteiger charge is 2.36. The Balaban J connectivity index is 1.91. The zero-order valence-electron chi connectivity index (χ0n) is 19.6. The molecule has 4 aromatic rings. The van der Waals surface area contributed by atoms with Gasteiger partial charge in [-0.25, -0.2) is 0 Å². The van der Waals surface area contributed by atoms with Crippen LogP contribution in [0.25, 0.3) is 22.4 Å². The van der Waals surface area contributed by atoms with Gasteiger partial charge in [-0.05, 0) is 60.5 Å². The van der Waals surface area contributed by atoms with Gasteiger partial charge in [-0.1, -0.05) is 41.4 Å². The van der Waals surface area contributed by atoms with Crippen molar-refractivity contribution in [2.45, 2.75) is 25.4 Å². The molecule has 0 aliphatic heterocycles. The summed E-state index contributed by atoms with van der Waals surface area (Å²) in [7, 11) is 1.25. The summed E-state index contributed by atoms with van der Waals surface area (Å²) in [5, 5.41) is 14.6. The molecule has 1 unspecified atom stereocenters. The number of ether oxygens (including phenoxy) is 1. The van der Waals surface area contributed by atoms with Crippen LogP contribution in [0.5, 0.6) is 11.5 Å². The smallest absolute Gasteiger partial charge is 0.435 e. The monoisotopic (exact) mass is 574 g/mol. The molecule has 4 rings (SSSR count). The molecule has 3 aromatic carbocycles. The second-order valence-corrected chi connectivity index (χ2v) is 9.22. The minimum absolute atomic E-state index is 0.0117. The lowest BCUT2D eigenvalue weighted by atomic mass is 9.96. The number of aromatic hydroxyl groups is 1. The maximum atomic E-state index is 13.6. The second kappa shape index (κ2) is 10.1. The third-order valence-corrected chi connectivity index (χ3v) is 6.37. The van der Waals surface area contributed by atoms with Crippen molar-refractivity contribution < 1.29 is 36.2 Å². The number of alkyl halides is 6. The quantitative estimate of drug-likeness (QED) is 0.242. The van der Waals surface area contributed by atoms with Crippen molar-refractivity contribution in [2.75, 3.05) is 0 Å². The number of rotatable bonds is 5. The van der Waals surface area contributed by atoms with Gasteiger partial charge in [0.25, 0.3) is 0 Å². The van der Waals surface area contributed by atoms with Crippen LogP contribution in [0, 0.1) is 0 Å². The first kappa shape index (κ1) is 27.7. The van der Waals surface area contributed by atoms with E-state index < -0.39 is 40.5 Å². The van der Waals surface area contributed by atoms with Crippen molar-refractivity contribution >= 4 is 23.2 Å². The Labute approximate surface area is 223 Å². The first-order valence-electron chi connectivity index (χ1n) is 10.9. The third-order valence-electron chi connectivity index (χ3n) is 5.79. The minimum Gasteiger partial charge on any atom is -0.506 e. The van der Waals surface area contributed by atoms with Gasteiger partial charge in [0.05, 0.1) is 21.8 Å². The molecule has 1 aromatic heterocycles. The van der Waals surface area contributed by atoms with Crippen LogP contribution in [0.4, 0.5) is 26.3 Å². The number of nitrogens with zero attached hydrogens (tertiary/aromatic N) is 2. The lowest BCUT2D eigenvalue weighted by Gasteiger charge is -2.21. The van der Waals surface area contributed by atoms with Gasteiger partial charge in [-0.2, -0.15) is 31.4 Å². The molecule has 0 radical (unpaired) electrons. The molecule has 0 spiro atoms. The molecule has 0 aliphatic carbocycles. The second-order valence-electron chi connectivity index (χ2n) is 8.38. The lowest BCUT2D eigenvalue weighted by Crippen LogP contribution is -2.07. The molecule has 1 N–H and O–H groups in total. The maximum Gasteiger partial charge on any atom is 0.435 e. The van der Waals surface area contributed by atoms with E-state index in [2.05, 4.69) is 5.10 Å². The van der Waals surface area contributed by atoms with E-state index in [-0.39, 0.29) is 28.1 Å². The van der Waals surface area contributed by atoms with Crippen LogP contribution < -0.4 is 4.74 Å². The fraction of sp³-hybridized carbons (Fsp3) is 0.192. The molecule has 0 amide bonds. The van der Waals surface area contributed by atoms with Crippen LogP contribution in [0.3, 0.4) is 0 Å². The predicted octanol–water partition coefficient (Wildman–Crippen LogP) is 8.94. The van der Waals surface area contributed by atoms with Gasteiger partial charge in [-0.3, -0.25) is 4.68 Å². The summed E-state index contributed by atoms with van der Waals surface area (Å²) in [6.45, 7) is 1.68. The standard InChI is InChI=1S/C26H18Cl2F6N2O2/c1-13(14-3-6-16(27)7-4-14)38-21-10-8-17(20-12-22(26(32,33)34)35-36(20)2)24(37)23(21)15-5-9-19(28)18(11-15)25(29,30)31/h3-13,37H,1-2H3. The molecular weight excluding hydrogens is 557 g/mol. The van der Waals surface area contributed by atoms with E-state index in [1.165, 1.54) is 25.2 Å². The zero-order chi connectivity index (χ0) is 28.0. The summed E-state index contributed by atoms with van der Waals surface area (Å²) in [6, 6.07) is 13.1. The molecule has 1 atom stereocenters. The fourth-order valence-corrected chi connectivity index (χ4v) is 4.26. The van der Waals surface area contributed by atoms with Crippen LogP contribution in [-0.4, -0.2) is 14.9 Å².